The molecule has 0 N–H and O–H groups in total. The van der Waals surface area contributed by atoms with E-state index in [9.17, 15) is 22.8 Å². The van der Waals surface area contributed by atoms with Crippen molar-refractivity contribution in [2.75, 3.05) is 39.3 Å². The molecule has 0 aromatic heterocycles. The number of allylic oxidation sites excluding steroid dienone is 1. The summed E-state index contributed by atoms with van der Waals surface area (Å²) in [5, 5.41) is 0. The largest absolute Gasteiger partial charge is 0.417 e. The number of piperidine rings is 1. The summed E-state index contributed by atoms with van der Waals surface area (Å²) in [6, 6.07) is 8.11. The average molecular weight is 492 g/mol. The Bertz CT molecular complexity index is 995. The molecule has 2 saturated heterocycles. The molecule has 35 heavy (non-hydrogen) atoms. The van der Waals surface area contributed by atoms with E-state index < -0.39 is 17.4 Å². The fourth-order valence-electron chi connectivity index (χ4n) is 4.39. The standard InChI is InChI=1S/C26H32F3N3O3/c1-19(26(27,28)29)15-30-20(2)16-32-18-25(35-17-24(32)34)8-11-31(12-9-25)10-7-22-5-4-6-23(14-22)13-21(3)33/h4-6,14-15H,1-2,7-13,16-18H2,3H3. The zero-order valence-corrected chi connectivity index (χ0v) is 20.1. The SMILES string of the molecule is C=C(CN1CC2(CCN(CCc3cccc(CC(C)=O)c3)CC2)OCC1=O)N=CC(=C)C(F)(F)F. The van der Waals surface area contributed by atoms with Crippen LogP contribution in [0.3, 0.4) is 0 Å². The summed E-state index contributed by atoms with van der Waals surface area (Å²) >= 11 is 0. The summed E-state index contributed by atoms with van der Waals surface area (Å²) in [5.41, 5.74) is 0.848. The molecule has 2 aliphatic rings. The number of morpholine rings is 1. The summed E-state index contributed by atoms with van der Waals surface area (Å²) < 4.78 is 43.7. The van der Waals surface area contributed by atoms with E-state index in [1.807, 2.05) is 12.1 Å². The van der Waals surface area contributed by atoms with E-state index in [4.69, 9.17) is 4.74 Å². The fourth-order valence-corrected chi connectivity index (χ4v) is 4.39. The zero-order valence-electron chi connectivity index (χ0n) is 20.1. The van der Waals surface area contributed by atoms with Crippen molar-refractivity contribution in [3.05, 3.63) is 59.8 Å². The third-order valence-corrected chi connectivity index (χ3v) is 6.40. The van der Waals surface area contributed by atoms with Gasteiger partial charge < -0.3 is 14.5 Å². The van der Waals surface area contributed by atoms with Crippen molar-refractivity contribution in [2.45, 2.75) is 44.4 Å². The summed E-state index contributed by atoms with van der Waals surface area (Å²) in [6.07, 6.45) is -1.08. The Morgan fingerprint density at radius 2 is 1.91 bits per heavy atom. The number of carbonyl (C=O) groups excluding carboxylic acids is 2. The first-order valence-corrected chi connectivity index (χ1v) is 11.7. The van der Waals surface area contributed by atoms with E-state index in [1.165, 1.54) is 5.56 Å². The van der Waals surface area contributed by atoms with Crippen LogP contribution in [-0.4, -0.2) is 78.8 Å². The zero-order chi connectivity index (χ0) is 25.6. The summed E-state index contributed by atoms with van der Waals surface area (Å²) in [6.45, 7) is 11.1. The number of hydrogen-bond acceptors (Lipinski definition) is 5. The lowest BCUT2D eigenvalue weighted by atomic mass is 9.89. The van der Waals surface area contributed by atoms with Gasteiger partial charge in [-0.15, -0.1) is 0 Å². The number of rotatable bonds is 9. The van der Waals surface area contributed by atoms with Gasteiger partial charge in [0.25, 0.3) is 0 Å². The number of hydrogen-bond donors (Lipinski definition) is 0. The summed E-state index contributed by atoms with van der Waals surface area (Å²) in [4.78, 5) is 31.4. The number of amides is 1. The molecule has 1 amide bonds. The van der Waals surface area contributed by atoms with Gasteiger partial charge in [0.1, 0.15) is 12.4 Å². The van der Waals surface area contributed by atoms with Crippen molar-refractivity contribution in [1.82, 2.24) is 9.80 Å². The molecule has 0 radical (unpaired) electrons. The van der Waals surface area contributed by atoms with E-state index in [-0.39, 0.29) is 30.5 Å². The third-order valence-electron chi connectivity index (χ3n) is 6.40. The molecule has 0 bridgehead atoms. The van der Waals surface area contributed by atoms with Gasteiger partial charge in [-0.05, 0) is 37.3 Å². The summed E-state index contributed by atoms with van der Waals surface area (Å²) in [5.74, 6) is -0.0832. The Kier molecular flexibility index (Phi) is 8.66. The normalized spacial score (nSPS) is 18.9. The molecular weight excluding hydrogens is 459 g/mol. The van der Waals surface area contributed by atoms with Crippen molar-refractivity contribution in [3.8, 4) is 0 Å². The molecule has 1 spiro atoms. The van der Waals surface area contributed by atoms with Crippen LogP contribution < -0.4 is 0 Å². The first-order chi connectivity index (χ1) is 16.5. The molecule has 3 rings (SSSR count). The van der Waals surface area contributed by atoms with Crippen LogP contribution in [-0.2, 0) is 27.2 Å². The average Bonchev–Trinajstić information content (AvgIpc) is 2.79. The topological polar surface area (TPSA) is 62.2 Å². The Balaban J connectivity index is 1.49. The second-order valence-electron chi connectivity index (χ2n) is 9.36. The van der Waals surface area contributed by atoms with Gasteiger partial charge in [-0.1, -0.05) is 37.4 Å². The van der Waals surface area contributed by atoms with Crippen molar-refractivity contribution in [1.29, 1.82) is 0 Å². The van der Waals surface area contributed by atoms with Gasteiger partial charge in [-0.3, -0.25) is 14.6 Å². The number of aliphatic imine (C=N–C) groups is 1. The molecular formula is C26H32F3N3O3. The predicted molar refractivity (Wildman–Crippen MR) is 128 cm³/mol. The fraction of sp³-hybridized carbons (Fsp3) is 0.500. The van der Waals surface area contributed by atoms with Gasteiger partial charge in [0.15, 0.2) is 0 Å². The van der Waals surface area contributed by atoms with Crippen LogP contribution in [0, 0.1) is 0 Å². The van der Waals surface area contributed by atoms with Gasteiger partial charge in [-0.2, -0.15) is 13.2 Å². The number of Topliss-reactive ketones (excluding diaryl/α,β-unsaturated/α-hetero) is 1. The molecule has 190 valence electrons. The highest BCUT2D eigenvalue weighted by molar-refractivity contribution is 5.81. The molecule has 1 aromatic carbocycles. The number of carbonyl (C=O) groups is 2. The maximum absolute atomic E-state index is 12.6. The number of halogens is 3. The van der Waals surface area contributed by atoms with Crippen molar-refractivity contribution < 1.29 is 27.5 Å². The Hall–Kier alpha value is -2.78. The maximum Gasteiger partial charge on any atom is 0.417 e. The number of ketones is 1. The Morgan fingerprint density at radius 3 is 2.57 bits per heavy atom. The first-order valence-electron chi connectivity index (χ1n) is 11.7. The van der Waals surface area contributed by atoms with Crippen molar-refractivity contribution in [3.63, 3.8) is 0 Å². The number of ether oxygens (including phenoxy) is 1. The minimum atomic E-state index is -4.55. The lowest BCUT2D eigenvalue weighted by Crippen LogP contribution is -2.59. The van der Waals surface area contributed by atoms with Crippen LogP contribution in [0.2, 0.25) is 0 Å². The van der Waals surface area contributed by atoms with Crippen LogP contribution in [0.15, 0.2) is 53.7 Å². The van der Waals surface area contributed by atoms with Gasteiger partial charge in [-0.25, -0.2) is 0 Å². The van der Waals surface area contributed by atoms with Gasteiger partial charge in [0.2, 0.25) is 5.91 Å². The Labute approximate surface area is 204 Å². The highest BCUT2D eigenvalue weighted by Crippen LogP contribution is 2.31. The molecule has 6 nitrogen and oxygen atoms in total. The molecule has 0 saturated carbocycles. The number of benzene rings is 1. The predicted octanol–water partition coefficient (Wildman–Crippen LogP) is 3.76. The summed E-state index contributed by atoms with van der Waals surface area (Å²) in [7, 11) is 0. The smallest absolute Gasteiger partial charge is 0.363 e. The molecule has 9 heteroatoms. The van der Waals surface area contributed by atoms with Crippen molar-refractivity contribution >= 4 is 17.9 Å². The van der Waals surface area contributed by atoms with Gasteiger partial charge >= 0.3 is 6.18 Å². The van der Waals surface area contributed by atoms with Gasteiger partial charge in [0.05, 0.1) is 30.0 Å². The second-order valence-corrected chi connectivity index (χ2v) is 9.36. The molecule has 2 fully saturated rings. The molecule has 2 heterocycles. The third kappa shape index (κ3) is 7.86. The monoisotopic (exact) mass is 491 g/mol. The minimum absolute atomic E-state index is 0.0475. The van der Waals surface area contributed by atoms with Crippen LogP contribution in [0.1, 0.15) is 30.9 Å². The maximum atomic E-state index is 12.6. The number of nitrogens with zero attached hydrogens (tertiary/aromatic N) is 3. The highest BCUT2D eigenvalue weighted by atomic mass is 19.4. The van der Waals surface area contributed by atoms with Gasteiger partial charge in [0, 0.05) is 32.3 Å². The van der Waals surface area contributed by atoms with E-state index >= 15 is 0 Å². The molecule has 0 aliphatic carbocycles. The van der Waals surface area contributed by atoms with Crippen LogP contribution in [0.25, 0.3) is 0 Å². The van der Waals surface area contributed by atoms with E-state index in [2.05, 4.69) is 35.2 Å². The van der Waals surface area contributed by atoms with Crippen molar-refractivity contribution in [2.24, 2.45) is 4.99 Å². The number of likely N-dealkylation sites (tertiary alicyclic amines) is 1. The van der Waals surface area contributed by atoms with E-state index in [0.717, 1.165) is 44.5 Å². The van der Waals surface area contributed by atoms with E-state index in [0.29, 0.717) is 19.2 Å². The van der Waals surface area contributed by atoms with E-state index in [1.54, 1.807) is 11.8 Å². The quantitative estimate of drug-likeness (QED) is 0.494. The molecule has 1 aromatic rings. The lowest BCUT2D eigenvalue weighted by Gasteiger charge is -2.47. The highest BCUT2D eigenvalue weighted by Gasteiger charge is 2.42. The minimum Gasteiger partial charge on any atom is -0.363 e. The molecule has 0 unspecified atom stereocenters. The lowest BCUT2D eigenvalue weighted by molar-refractivity contribution is -0.170. The first kappa shape index (κ1) is 26.8. The Morgan fingerprint density at radius 1 is 1.23 bits per heavy atom. The van der Waals surface area contributed by atoms with Crippen LogP contribution in [0.5, 0.6) is 0 Å². The molecule has 0 atom stereocenters. The second kappa shape index (κ2) is 11.3. The number of alkyl halides is 3. The van der Waals surface area contributed by atoms with Crippen LogP contribution >= 0.6 is 0 Å². The van der Waals surface area contributed by atoms with Crippen LogP contribution in [0.4, 0.5) is 13.2 Å². The molecule has 2 aliphatic heterocycles.